The lowest BCUT2D eigenvalue weighted by atomic mass is 10.2. The van der Waals surface area contributed by atoms with Crippen molar-refractivity contribution < 1.29 is 0 Å². The summed E-state index contributed by atoms with van der Waals surface area (Å²) in [5, 5.41) is 7.31. The molecule has 16 heavy (non-hydrogen) atoms. The molecular weight excluding hydrogens is 202 g/mol. The van der Waals surface area contributed by atoms with Crippen molar-refractivity contribution in [3.63, 3.8) is 0 Å². The van der Waals surface area contributed by atoms with Crippen LogP contribution >= 0.6 is 0 Å². The fourth-order valence-electron chi connectivity index (χ4n) is 2.07. The van der Waals surface area contributed by atoms with Gasteiger partial charge in [0.05, 0.1) is 6.54 Å². The topological polar surface area (TPSA) is 48.1 Å². The molecular formula is C11H21N5. The first-order valence-electron chi connectivity index (χ1n) is 6.06. The molecule has 0 aromatic carbocycles. The van der Waals surface area contributed by atoms with Crippen molar-refractivity contribution in [2.24, 2.45) is 0 Å². The average Bonchev–Trinajstić information content (AvgIpc) is 2.53. The highest BCUT2D eigenvalue weighted by molar-refractivity contribution is 5.28. The Bertz CT molecular complexity index is 312. The highest BCUT2D eigenvalue weighted by Crippen LogP contribution is 2.15. The predicted octanol–water partition coefficient (Wildman–Crippen LogP) is 1.25. The summed E-state index contributed by atoms with van der Waals surface area (Å²) in [5.41, 5.74) is 0. The Kier molecular flexibility index (Phi) is 3.77. The van der Waals surface area contributed by atoms with Crippen LogP contribution in [0.3, 0.4) is 0 Å². The molecule has 1 saturated heterocycles. The highest BCUT2D eigenvalue weighted by Gasteiger charge is 2.14. The highest BCUT2D eigenvalue weighted by atomic mass is 15.4. The Hall–Kier alpha value is -1.10. The second-order valence-electron chi connectivity index (χ2n) is 4.72. The maximum absolute atomic E-state index is 4.53. The predicted molar refractivity (Wildman–Crippen MR) is 64.5 cm³/mol. The molecule has 0 unspecified atom stereocenters. The van der Waals surface area contributed by atoms with Crippen molar-refractivity contribution in [1.82, 2.24) is 20.1 Å². The van der Waals surface area contributed by atoms with Gasteiger partial charge in [-0.25, -0.2) is 0 Å². The molecule has 0 saturated carbocycles. The number of hydrogen-bond donors (Lipinski definition) is 1. The number of anilines is 1. The summed E-state index contributed by atoms with van der Waals surface area (Å²) in [6.07, 6.45) is 5.20. The molecule has 0 atom stereocenters. The van der Waals surface area contributed by atoms with E-state index in [9.17, 15) is 0 Å². The Labute approximate surface area is 96.8 Å². The number of aromatic nitrogens is 3. The van der Waals surface area contributed by atoms with E-state index in [0.29, 0.717) is 0 Å². The van der Waals surface area contributed by atoms with Gasteiger partial charge < -0.3 is 9.80 Å². The summed E-state index contributed by atoms with van der Waals surface area (Å²) >= 11 is 0. The quantitative estimate of drug-likeness (QED) is 0.837. The van der Waals surface area contributed by atoms with Crippen LogP contribution in [0.1, 0.15) is 31.5 Å². The number of hydrogen-bond acceptors (Lipinski definition) is 4. The monoisotopic (exact) mass is 223 g/mol. The molecule has 1 aromatic heterocycles. The fraction of sp³-hybridized carbons (Fsp3) is 0.818. The summed E-state index contributed by atoms with van der Waals surface area (Å²) in [4.78, 5) is 8.92. The summed E-state index contributed by atoms with van der Waals surface area (Å²) in [6, 6.07) is 0. The van der Waals surface area contributed by atoms with E-state index < -0.39 is 0 Å². The molecule has 1 aliphatic heterocycles. The van der Waals surface area contributed by atoms with Crippen molar-refractivity contribution in [3.05, 3.63) is 5.82 Å². The van der Waals surface area contributed by atoms with E-state index in [-0.39, 0.29) is 0 Å². The first-order chi connectivity index (χ1) is 7.75. The van der Waals surface area contributed by atoms with Gasteiger partial charge in [-0.2, -0.15) is 4.98 Å². The lowest BCUT2D eigenvalue weighted by Crippen LogP contribution is -2.25. The minimum atomic E-state index is 0.820. The van der Waals surface area contributed by atoms with Crippen molar-refractivity contribution in [1.29, 1.82) is 0 Å². The van der Waals surface area contributed by atoms with E-state index in [1.807, 2.05) is 14.1 Å². The molecule has 5 nitrogen and oxygen atoms in total. The molecule has 0 bridgehead atoms. The standard InChI is InChI=1S/C11H21N5/c1-15(2)9-10-12-11(14-13-10)16-7-5-3-4-6-8-16/h3-9H2,1-2H3,(H,12,13,14). The van der Waals surface area contributed by atoms with Gasteiger partial charge in [0.1, 0.15) is 5.82 Å². The van der Waals surface area contributed by atoms with Crippen LogP contribution in [0.2, 0.25) is 0 Å². The van der Waals surface area contributed by atoms with E-state index >= 15 is 0 Å². The van der Waals surface area contributed by atoms with Crippen LogP contribution in [0.15, 0.2) is 0 Å². The van der Waals surface area contributed by atoms with Gasteiger partial charge in [0.15, 0.2) is 0 Å². The number of nitrogens with zero attached hydrogens (tertiary/aromatic N) is 4. The number of aromatic amines is 1. The van der Waals surface area contributed by atoms with Gasteiger partial charge in [0.2, 0.25) is 5.95 Å². The van der Waals surface area contributed by atoms with Gasteiger partial charge in [-0.05, 0) is 26.9 Å². The van der Waals surface area contributed by atoms with Crippen LogP contribution < -0.4 is 4.90 Å². The lowest BCUT2D eigenvalue weighted by Gasteiger charge is -2.17. The van der Waals surface area contributed by atoms with Gasteiger partial charge in [0, 0.05) is 13.1 Å². The molecule has 1 N–H and O–H groups in total. The number of H-pyrrole nitrogens is 1. The first-order valence-corrected chi connectivity index (χ1v) is 6.06. The first kappa shape index (κ1) is 11.4. The summed E-state index contributed by atoms with van der Waals surface area (Å²) in [5.74, 6) is 1.82. The molecule has 0 radical (unpaired) electrons. The van der Waals surface area contributed by atoms with Gasteiger partial charge in [-0.15, -0.1) is 5.10 Å². The lowest BCUT2D eigenvalue weighted by molar-refractivity contribution is 0.391. The average molecular weight is 223 g/mol. The number of nitrogens with one attached hydrogen (secondary N) is 1. The summed E-state index contributed by atoms with van der Waals surface area (Å²) < 4.78 is 0. The van der Waals surface area contributed by atoms with Crippen molar-refractivity contribution in [3.8, 4) is 0 Å². The van der Waals surface area contributed by atoms with Gasteiger partial charge in [-0.1, -0.05) is 12.8 Å². The zero-order valence-electron chi connectivity index (χ0n) is 10.2. The SMILES string of the molecule is CN(C)Cc1nc(N2CCCCCC2)n[nH]1. The molecule has 5 heteroatoms. The molecule has 1 aromatic rings. The Morgan fingerprint density at radius 2 is 1.88 bits per heavy atom. The minimum absolute atomic E-state index is 0.820. The van der Waals surface area contributed by atoms with Crippen molar-refractivity contribution in [2.45, 2.75) is 32.2 Å². The fourth-order valence-corrected chi connectivity index (χ4v) is 2.07. The van der Waals surface area contributed by atoms with Crippen molar-refractivity contribution in [2.75, 3.05) is 32.1 Å². The molecule has 90 valence electrons. The maximum atomic E-state index is 4.53. The number of rotatable bonds is 3. The Morgan fingerprint density at radius 1 is 1.19 bits per heavy atom. The van der Waals surface area contributed by atoms with E-state index in [4.69, 9.17) is 0 Å². The Morgan fingerprint density at radius 3 is 2.50 bits per heavy atom. The van der Waals surface area contributed by atoms with Crippen molar-refractivity contribution >= 4 is 5.95 Å². The molecule has 0 amide bonds. The maximum Gasteiger partial charge on any atom is 0.244 e. The molecule has 1 aliphatic rings. The van der Waals surface area contributed by atoms with Crippen LogP contribution in [0, 0.1) is 0 Å². The summed E-state index contributed by atoms with van der Waals surface area (Å²) in [7, 11) is 4.07. The zero-order chi connectivity index (χ0) is 11.4. The van der Waals surface area contributed by atoms with Gasteiger partial charge >= 0.3 is 0 Å². The van der Waals surface area contributed by atoms with Crippen LogP contribution in [-0.4, -0.2) is 47.3 Å². The van der Waals surface area contributed by atoms with Crippen LogP contribution in [0.5, 0.6) is 0 Å². The van der Waals surface area contributed by atoms with Crippen LogP contribution in [0.4, 0.5) is 5.95 Å². The molecule has 2 heterocycles. The zero-order valence-corrected chi connectivity index (χ0v) is 10.2. The van der Waals surface area contributed by atoms with E-state index in [0.717, 1.165) is 31.4 Å². The third-order valence-corrected chi connectivity index (χ3v) is 2.87. The molecule has 0 spiro atoms. The Balaban J connectivity index is 1.99. The van der Waals surface area contributed by atoms with E-state index in [1.165, 1.54) is 25.7 Å². The third-order valence-electron chi connectivity index (χ3n) is 2.87. The molecule has 2 rings (SSSR count). The van der Waals surface area contributed by atoms with Crippen LogP contribution in [0.25, 0.3) is 0 Å². The van der Waals surface area contributed by atoms with E-state index in [2.05, 4.69) is 25.0 Å². The molecule has 1 fully saturated rings. The van der Waals surface area contributed by atoms with Crippen LogP contribution in [-0.2, 0) is 6.54 Å². The largest absolute Gasteiger partial charge is 0.340 e. The third kappa shape index (κ3) is 2.95. The minimum Gasteiger partial charge on any atom is -0.340 e. The van der Waals surface area contributed by atoms with E-state index in [1.54, 1.807) is 0 Å². The second-order valence-corrected chi connectivity index (χ2v) is 4.72. The second kappa shape index (κ2) is 5.30. The van der Waals surface area contributed by atoms with Gasteiger partial charge in [0.25, 0.3) is 0 Å². The normalized spacial score (nSPS) is 17.8. The summed E-state index contributed by atoms with van der Waals surface area (Å²) in [6.45, 7) is 3.01. The molecule has 0 aliphatic carbocycles. The smallest absolute Gasteiger partial charge is 0.244 e. The van der Waals surface area contributed by atoms with Gasteiger partial charge in [-0.3, -0.25) is 5.10 Å².